The molecular formula is C22H29N3O3. The van der Waals surface area contributed by atoms with Crippen LogP contribution in [0.25, 0.3) is 0 Å². The maximum absolute atomic E-state index is 12.9. The SMILES string of the molecule is CCCOc1ccc(C(C)NC(=O)C2CNNC2c2ccccc2)cc1OC. The molecule has 0 aromatic heterocycles. The second kappa shape index (κ2) is 9.57. The number of benzene rings is 2. The lowest BCUT2D eigenvalue weighted by molar-refractivity contribution is -0.125. The highest BCUT2D eigenvalue weighted by Gasteiger charge is 2.34. The quantitative estimate of drug-likeness (QED) is 0.653. The van der Waals surface area contributed by atoms with E-state index in [0.717, 1.165) is 23.3 Å². The Kier molecular flexibility index (Phi) is 6.90. The average molecular weight is 383 g/mol. The smallest absolute Gasteiger partial charge is 0.226 e. The summed E-state index contributed by atoms with van der Waals surface area (Å²) in [4.78, 5) is 12.9. The van der Waals surface area contributed by atoms with Crippen LogP contribution in [-0.2, 0) is 4.79 Å². The Hall–Kier alpha value is -2.57. The van der Waals surface area contributed by atoms with E-state index in [9.17, 15) is 4.79 Å². The van der Waals surface area contributed by atoms with Gasteiger partial charge in [0.2, 0.25) is 5.91 Å². The van der Waals surface area contributed by atoms with Crippen LogP contribution in [-0.4, -0.2) is 26.2 Å². The molecule has 3 N–H and O–H groups in total. The van der Waals surface area contributed by atoms with Gasteiger partial charge in [0.05, 0.1) is 31.7 Å². The third kappa shape index (κ3) is 4.64. The lowest BCUT2D eigenvalue weighted by Gasteiger charge is -2.22. The first-order chi connectivity index (χ1) is 13.6. The van der Waals surface area contributed by atoms with Gasteiger partial charge in [0.25, 0.3) is 0 Å². The van der Waals surface area contributed by atoms with Crippen LogP contribution in [0.1, 0.15) is 43.5 Å². The van der Waals surface area contributed by atoms with E-state index in [-0.39, 0.29) is 23.9 Å². The first-order valence-corrected chi connectivity index (χ1v) is 9.78. The van der Waals surface area contributed by atoms with Crippen LogP contribution in [0.15, 0.2) is 48.5 Å². The van der Waals surface area contributed by atoms with Crippen LogP contribution in [0.3, 0.4) is 0 Å². The summed E-state index contributed by atoms with van der Waals surface area (Å²) in [6.45, 7) is 5.27. The molecular weight excluding hydrogens is 354 g/mol. The molecule has 1 fully saturated rings. The van der Waals surface area contributed by atoms with Gasteiger partial charge >= 0.3 is 0 Å². The molecule has 2 aromatic carbocycles. The van der Waals surface area contributed by atoms with Crippen molar-refractivity contribution in [2.45, 2.75) is 32.4 Å². The Bertz CT molecular complexity index is 782. The summed E-state index contributed by atoms with van der Waals surface area (Å²) in [5.41, 5.74) is 8.40. The van der Waals surface area contributed by atoms with E-state index in [1.165, 1.54) is 0 Å². The first-order valence-electron chi connectivity index (χ1n) is 9.78. The Balaban J connectivity index is 1.68. The number of nitrogens with one attached hydrogen (secondary N) is 3. The van der Waals surface area contributed by atoms with Crippen LogP contribution in [0.2, 0.25) is 0 Å². The number of ether oxygens (including phenoxy) is 2. The molecule has 1 saturated heterocycles. The van der Waals surface area contributed by atoms with Crippen molar-refractivity contribution in [1.29, 1.82) is 0 Å². The maximum Gasteiger partial charge on any atom is 0.226 e. The fraction of sp³-hybridized carbons (Fsp3) is 0.409. The summed E-state index contributed by atoms with van der Waals surface area (Å²) in [7, 11) is 1.63. The molecule has 6 nitrogen and oxygen atoms in total. The van der Waals surface area contributed by atoms with Gasteiger partial charge in [-0.05, 0) is 36.6 Å². The van der Waals surface area contributed by atoms with Crippen LogP contribution in [0.4, 0.5) is 0 Å². The molecule has 1 heterocycles. The van der Waals surface area contributed by atoms with Gasteiger partial charge in [-0.25, -0.2) is 5.43 Å². The van der Waals surface area contributed by atoms with Gasteiger partial charge in [-0.15, -0.1) is 0 Å². The number of methoxy groups -OCH3 is 1. The van der Waals surface area contributed by atoms with Crippen molar-refractivity contribution >= 4 is 5.91 Å². The largest absolute Gasteiger partial charge is 0.493 e. The Morgan fingerprint density at radius 1 is 1.21 bits per heavy atom. The predicted molar refractivity (Wildman–Crippen MR) is 109 cm³/mol. The molecule has 0 aliphatic carbocycles. The highest BCUT2D eigenvalue weighted by atomic mass is 16.5. The van der Waals surface area contributed by atoms with Crippen molar-refractivity contribution in [2.24, 2.45) is 5.92 Å². The number of hydrazine groups is 1. The molecule has 1 aliphatic rings. The lowest BCUT2D eigenvalue weighted by Crippen LogP contribution is -2.36. The molecule has 0 saturated carbocycles. The van der Waals surface area contributed by atoms with E-state index >= 15 is 0 Å². The fourth-order valence-electron chi connectivity index (χ4n) is 3.41. The van der Waals surface area contributed by atoms with Gasteiger partial charge in [0, 0.05) is 6.54 Å². The number of hydrogen-bond acceptors (Lipinski definition) is 5. The van der Waals surface area contributed by atoms with Crippen LogP contribution in [0.5, 0.6) is 11.5 Å². The van der Waals surface area contributed by atoms with Gasteiger partial charge in [-0.1, -0.05) is 43.3 Å². The molecule has 3 rings (SSSR count). The minimum Gasteiger partial charge on any atom is -0.493 e. The zero-order valence-corrected chi connectivity index (χ0v) is 16.7. The second-order valence-electron chi connectivity index (χ2n) is 7.01. The number of carbonyl (C=O) groups excluding carboxylic acids is 1. The van der Waals surface area contributed by atoms with E-state index in [2.05, 4.69) is 23.1 Å². The Morgan fingerprint density at radius 2 is 2.00 bits per heavy atom. The van der Waals surface area contributed by atoms with Gasteiger partial charge < -0.3 is 14.8 Å². The van der Waals surface area contributed by atoms with Crippen molar-refractivity contribution in [3.05, 3.63) is 59.7 Å². The fourth-order valence-corrected chi connectivity index (χ4v) is 3.41. The highest BCUT2D eigenvalue weighted by molar-refractivity contribution is 5.80. The summed E-state index contributed by atoms with van der Waals surface area (Å²) in [5, 5.41) is 3.14. The molecule has 1 aliphatic heterocycles. The van der Waals surface area contributed by atoms with Crippen molar-refractivity contribution < 1.29 is 14.3 Å². The summed E-state index contributed by atoms with van der Waals surface area (Å²) in [5.74, 6) is 1.24. The summed E-state index contributed by atoms with van der Waals surface area (Å²) in [6, 6.07) is 15.6. The molecule has 3 unspecified atom stereocenters. The molecule has 1 amide bonds. The van der Waals surface area contributed by atoms with E-state index in [1.807, 2.05) is 55.5 Å². The van der Waals surface area contributed by atoms with Gasteiger partial charge in [-0.3, -0.25) is 10.2 Å². The molecule has 0 radical (unpaired) electrons. The van der Waals surface area contributed by atoms with E-state index in [0.29, 0.717) is 18.9 Å². The van der Waals surface area contributed by atoms with E-state index in [4.69, 9.17) is 9.47 Å². The maximum atomic E-state index is 12.9. The minimum atomic E-state index is -0.182. The first kappa shape index (κ1) is 20.2. The number of carbonyl (C=O) groups is 1. The Labute approximate surface area is 166 Å². The molecule has 6 heteroatoms. The van der Waals surface area contributed by atoms with Crippen molar-refractivity contribution in [3.63, 3.8) is 0 Å². The van der Waals surface area contributed by atoms with Gasteiger partial charge in [0.1, 0.15) is 0 Å². The van der Waals surface area contributed by atoms with E-state index in [1.54, 1.807) is 7.11 Å². The zero-order chi connectivity index (χ0) is 19.9. The summed E-state index contributed by atoms with van der Waals surface area (Å²) in [6.07, 6.45) is 0.934. The van der Waals surface area contributed by atoms with E-state index < -0.39 is 0 Å². The average Bonchev–Trinajstić information content (AvgIpc) is 3.22. The topological polar surface area (TPSA) is 71.6 Å². The van der Waals surface area contributed by atoms with Gasteiger partial charge in [0.15, 0.2) is 11.5 Å². The normalized spacial score (nSPS) is 19.8. The van der Waals surface area contributed by atoms with Crippen molar-refractivity contribution in [1.82, 2.24) is 16.2 Å². The van der Waals surface area contributed by atoms with Crippen molar-refractivity contribution in [3.8, 4) is 11.5 Å². The standard InChI is InChI=1S/C22H29N3O3/c1-4-12-28-19-11-10-17(13-20(19)27-3)15(2)24-22(26)18-14-23-25-21(18)16-8-6-5-7-9-16/h5-11,13,15,18,21,23,25H,4,12,14H2,1-3H3,(H,24,26). The van der Waals surface area contributed by atoms with Crippen LogP contribution < -0.4 is 25.6 Å². The monoisotopic (exact) mass is 383 g/mol. The number of hydrogen-bond donors (Lipinski definition) is 3. The Morgan fingerprint density at radius 3 is 2.71 bits per heavy atom. The highest BCUT2D eigenvalue weighted by Crippen LogP contribution is 2.31. The third-order valence-electron chi connectivity index (χ3n) is 4.99. The zero-order valence-electron chi connectivity index (χ0n) is 16.7. The second-order valence-corrected chi connectivity index (χ2v) is 7.01. The molecule has 2 aromatic rings. The molecule has 0 bridgehead atoms. The number of rotatable bonds is 8. The predicted octanol–water partition coefficient (Wildman–Crippen LogP) is 3.13. The molecule has 0 spiro atoms. The minimum absolute atomic E-state index is 0.0177. The van der Waals surface area contributed by atoms with Crippen LogP contribution in [0, 0.1) is 5.92 Å². The summed E-state index contributed by atoms with van der Waals surface area (Å²) >= 11 is 0. The van der Waals surface area contributed by atoms with Gasteiger partial charge in [-0.2, -0.15) is 0 Å². The van der Waals surface area contributed by atoms with Crippen molar-refractivity contribution in [2.75, 3.05) is 20.3 Å². The lowest BCUT2D eigenvalue weighted by atomic mass is 9.93. The summed E-state index contributed by atoms with van der Waals surface area (Å²) < 4.78 is 11.2. The molecule has 28 heavy (non-hydrogen) atoms. The van der Waals surface area contributed by atoms with Crippen LogP contribution >= 0.6 is 0 Å². The molecule has 150 valence electrons. The number of amides is 1. The molecule has 3 atom stereocenters. The third-order valence-corrected chi connectivity index (χ3v) is 4.99.